The number of fused-ring (bicyclic) bond motifs is 2. The maximum Gasteiger partial charge on any atom is 0.223 e. The van der Waals surface area contributed by atoms with Crippen molar-refractivity contribution in [1.82, 2.24) is 4.98 Å². The van der Waals surface area contributed by atoms with Crippen LogP contribution in [-0.4, -0.2) is 17.4 Å². The van der Waals surface area contributed by atoms with Gasteiger partial charge in [-0.15, -0.1) is 0 Å². The van der Waals surface area contributed by atoms with Crippen molar-refractivity contribution in [3.05, 3.63) is 54.2 Å². The molecule has 0 bridgehead atoms. The summed E-state index contributed by atoms with van der Waals surface area (Å²) in [5, 5.41) is 1.22. The van der Waals surface area contributed by atoms with Crippen LogP contribution in [-0.2, 0) is 11.2 Å². The van der Waals surface area contributed by atoms with Crippen molar-refractivity contribution in [2.24, 2.45) is 0 Å². The highest BCUT2D eigenvalue weighted by Gasteiger charge is 2.20. The molecule has 0 spiro atoms. The molecule has 0 saturated carbocycles. The standard InChI is InChI=1S/C19H18N2O/c1-13(22)21-10-2-3-17-12-15(5-7-19(17)21)14-4-6-18-16(11-14)8-9-20-18/h4-9,11-12,20H,2-3,10H2,1H3. The van der Waals surface area contributed by atoms with E-state index in [9.17, 15) is 4.79 Å². The molecule has 2 heterocycles. The van der Waals surface area contributed by atoms with Crippen LogP contribution in [0.5, 0.6) is 0 Å². The first-order valence-corrected chi connectivity index (χ1v) is 7.71. The van der Waals surface area contributed by atoms with Crippen molar-refractivity contribution in [2.45, 2.75) is 19.8 Å². The van der Waals surface area contributed by atoms with E-state index in [1.165, 1.54) is 22.1 Å². The first kappa shape index (κ1) is 13.1. The molecule has 0 saturated heterocycles. The van der Waals surface area contributed by atoms with Crippen molar-refractivity contribution in [3.63, 3.8) is 0 Å². The van der Waals surface area contributed by atoms with E-state index in [2.05, 4.69) is 47.4 Å². The van der Waals surface area contributed by atoms with Crippen LogP contribution in [0, 0.1) is 0 Å². The molecule has 4 rings (SSSR count). The van der Waals surface area contributed by atoms with Crippen LogP contribution in [0.2, 0.25) is 0 Å². The Morgan fingerprint density at radius 3 is 2.77 bits per heavy atom. The van der Waals surface area contributed by atoms with Gasteiger partial charge in [-0.25, -0.2) is 0 Å². The minimum Gasteiger partial charge on any atom is -0.361 e. The summed E-state index contributed by atoms with van der Waals surface area (Å²) >= 11 is 0. The zero-order valence-electron chi connectivity index (χ0n) is 12.6. The van der Waals surface area contributed by atoms with Gasteiger partial charge in [0.25, 0.3) is 0 Å². The molecule has 3 nitrogen and oxygen atoms in total. The van der Waals surface area contributed by atoms with Gasteiger partial charge in [0.2, 0.25) is 5.91 Å². The van der Waals surface area contributed by atoms with Gasteiger partial charge in [0.05, 0.1) is 0 Å². The fourth-order valence-electron chi connectivity index (χ4n) is 3.34. The SMILES string of the molecule is CC(=O)N1CCCc2cc(-c3ccc4[nH]ccc4c3)ccc21. The first-order chi connectivity index (χ1) is 10.7. The highest BCUT2D eigenvalue weighted by Crippen LogP contribution is 2.32. The van der Waals surface area contributed by atoms with Gasteiger partial charge in [-0.2, -0.15) is 0 Å². The molecule has 22 heavy (non-hydrogen) atoms. The van der Waals surface area contributed by atoms with E-state index in [-0.39, 0.29) is 5.91 Å². The van der Waals surface area contributed by atoms with Crippen molar-refractivity contribution in [3.8, 4) is 11.1 Å². The highest BCUT2D eigenvalue weighted by atomic mass is 16.2. The number of amides is 1. The minimum atomic E-state index is 0.127. The zero-order valence-corrected chi connectivity index (χ0v) is 12.6. The number of hydrogen-bond acceptors (Lipinski definition) is 1. The molecule has 1 N–H and O–H groups in total. The fraction of sp³-hybridized carbons (Fsp3) is 0.211. The van der Waals surface area contributed by atoms with E-state index in [0.29, 0.717) is 0 Å². The molecule has 1 aromatic heterocycles. The average Bonchev–Trinajstić information content (AvgIpc) is 3.01. The Balaban J connectivity index is 1.78. The smallest absolute Gasteiger partial charge is 0.223 e. The maximum atomic E-state index is 11.8. The zero-order chi connectivity index (χ0) is 15.1. The Morgan fingerprint density at radius 1 is 1.09 bits per heavy atom. The Hall–Kier alpha value is -2.55. The number of benzene rings is 2. The van der Waals surface area contributed by atoms with Crippen LogP contribution in [0.1, 0.15) is 18.9 Å². The third-order valence-electron chi connectivity index (χ3n) is 4.46. The summed E-state index contributed by atoms with van der Waals surface area (Å²) < 4.78 is 0. The van der Waals surface area contributed by atoms with Gasteiger partial charge in [0.1, 0.15) is 0 Å². The third kappa shape index (κ3) is 2.10. The van der Waals surface area contributed by atoms with Gasteiger partial charge in [0.15, 0.2) is 0 Å². The molecule has 0 atom stereocenters. The summed E-state index contributed by atoms with van der Waals surface area (Å²) in [6, 6.07) is 15.0. The van der Waals surface area contributed by atoms with Gasteiger partial charge >= 0.3 is 0 Å². The molecule has 3 heteroatoms. The molecule has 0 radical (unpaired) electrons. The first-order valence-electron chi connectivity index (χ1n) is 7.71. The number of H-pyrrole nitrogens is 1. The number of carbonyl (C=O) groups excluding carboxylic acids is 1. The van der Waals surface area contributed by atoms with Gasteiger partial charge in [-0.05, 0) is 65.3 Å². The molecule has 110 valence electrons. The van der Waals surface area contributed by atoms with Crippen molar-refractivity contribution in [2.75, 3.05) is 11.4 Å². The van der Waals surface area contributed by atoms with Crippen LogP contribution in [0.3, 0.4) is 0 Å². The lowest BCUT2D eigenvalue weighted by atomic mass is 9.95. The molecule has 1 amide bonds. The number of aromatic amines is 1. The van der Waals surface area contributed by atoms with E-state index >= 15 is 0 Å². The molecule has 0 unspecified atom stereocenters. The number of hydrogen-bond donors (Lipinski definition) is 1. The lowest BCUT2D eigenvalue weighted by molar-refractivity contribution is -0.116. The number of anilines is 1. The van der Waals surface area contributed by atoms with Crippen LogP contribution < -0.4 is 4.90 Å². The number of carbonyl (C=O) groups is 1. The second-order valence-electron chi connectivity index (χ2n) is 5.90. The molecule has 0 aliphatic carbocycles. The van der Waals surface area contributed by atoms with Crippen LogP contribution in [0.4, 0.5) is 5.69 Å². The number of rotatable bonds is 1. The van der Waals surface area contributed by atoms with Crippen molar-refractivity contribution >= 4 is 22.5 Å². The third-order valence-corrected chi connectivity index (χ3v) is 4.46. The lowest BCUT2D eigenvalue weighted by Gasteiger charge is -2.29. The summed E-state index contributed by atoms with van der Waals surface area (Å²) in [6.45, 7) is 2.47. The van der Waals surface area contributed by atoms with Crippen LogP contribution >= 0.6 is 0 Å². The van der Waals surface area contributed by atoms with Gasteiger partial charge in [-0.3, -0.25) is 4.79 Å². The fourth-order valence-corrected chi connectivity index (χ4v) is 3.34. The Labute approximate surface area is 129 Å². The quantitative estimate of drug-likeness (QED) is 0.718. The monoisotopic (exact) mass is 290 g/mol. The van der Waals surface area contributed by atoms with Gasteiger partial charge in [0, 0.05) is 30.9 Å². The number of aryl methyl sites for hydroxylation is 1. The van der Waals surface area contributed by atoms with E-state index in [1.54, 1.807) is 6.92 Å². The van der Waals surface area contributed by atoms with Crippen LogP contribution in [0.25, 0.3) is 22.0 Å². The van der Waals surface area contributed by atoms with Crippen molar-refractivity contribution < 1.29 is 4.79 Å². The second kappa shape index (κ2) is 5.02. The average molecular weight is 290 g/mol. The molecule has 2 aromatic carbocycles. The highest BCUT2D eigenvalue weighted by molar-refractivity contribution is 5.93. The molecule has 1 aliphatic heterocycles. The van der Waals surface area contributed by atoms with Crippen molar-refractivity contribution in [1.29, 1.82) is 0 Å². The summed E-state index contributed by atoms with van der Waals surface area (Å²) in [5.74, 6) is 0.127. The molecule has 0 fully saturated rings. The Bertz CT molecular complexity index is 863. The number of aromatic nitrogens is 1. The molecule has 3 aromatic rings. The summed E-state index contributed by atoms with van der Waals surface area (Å²) in [7, 11) is 0. The van der Waals surface area contributed by atoms with Gasteiger partial charge in [-0.1, -0.05) is 12.1 Å². The predicted octanol–water partition coefficient (Wildman–Crippen LogP) is 4.13. The van der Waals surface area contributed by atoms with E-state index in [1.807, 2.05) is 11.1 Å². The largest absolute Gasteiger partial charge is 0.361 e. The number of nitrogens with zero attached hydrogens (tertiary/aromatic N) is 1. The summed E-state index contributed by atoms with van der Waals surface area (Å²) in [4.78, 5) is 16.9. The van der Waals surface area contributed by atoms with E-state index in [4.69, 9.17) is 0 Å². The summed E-state index contributed by atoms with van der Waals surface area (Å²) in [6.07, 6.45) is 4.04. The molecular weight excluding hydrogens is 272 g/mol. The molecule has 1 aliphatic rings. The van der Waals surface area contributed by atoms with E-state index in [0.717, 1.165) is 30.6 Å². The second-order valence-corrected chi connectivity index (χ2v) is 5.90. The Morgan fingerprint density at radius 2 is 1.91 bits per heavy atom. The summed E-state index contributed by atoms with van der Waals surface area (Å²) in [5.41, 5.74) is 5.94. The molecular formula is C19H18N2O. The van der Waals surface area contributed by atoms with Crippen LogP contribution in [0.15, 0.2) is 48.7 Å². The maximum absolute atomic E-state index is 11.8. The Kier molecular flexibility index (Phi) is 3.00. The normalized spacial score (nSPS) is 14.1. The predicted molar refractivity (Wildman–Crippen MR) is 90.1 cm³/mol. The minimum absolute atomic E-state index is 0.127. The number of nitrogens with one attached hydrogen (secondary N) is 1. The lowest BCUT2D eigenvalue weighted by Crippen LogP contribution is -2.33. The van der Waals surface area contributed by atoms with Gasteiger partial charge < -0.3 is 9.88 Å². The van der Waals surface area contributed by atoms with E-state index < -0.39 is 0 Å². The topological polar surface area (TPSA) is 36.1 Å².